The Balaban J connectivity index is 2.10. The standard InChI is InChI=1S/C10H11ClFN3O2/c11-9-5-8(7(12)6-13-9)14-1-3-15(4-2-14)10(16)17/h5-6H,1-4H2,(H,16,17). The number of aromatic nitrogens is 1. The van der Waals surface area contributed by atoms with Crippen LogP contribution in [0.1, 0.15) is 0 Å². The number of pyridine rings is 1. The largest absolute Gasteiger partial charge is 0.465 e. The minimum absolute atomic E-state index is 0.224. The van der Waals surface area contributed by atoms with Crippen LogP contribution in [-0.2, 0) is 0 Å². The molecule has 0 aliphatic carbocycles. The molecule has 92 valence electrons. The van der Waals surface area contributed by atoms with Gasteiger partial charge in [-0.25, -0.2) is 14.2 Å². The van der Waals surface area contributed by atoms with E-state index in [9.17, 15) is 9.18 Å². The summed E-state index contributed by atoms with van der Waals surface area (Å²) in [6.07, 6.45) is 0.124. The van der Waals surface area contributed by atoms with Gasteiger partial charge in [-0.3, -0.25) is 0 Å². The molecule has 1 N–H and O–H groups in total. The van der Waals surface area contributed by atoms with Crippen molar-refractivity contribution in [2.24, 2.45) is 0 Å². The van der Waals surface area contributed by atoms with Crippen molar-refractivity contribution in [3.8, 4) is 0 Å². The topological polar surface area (TPSA) is 56.7 Å². The van der Waals surface area contributed by atoms with Crippen molar-refractivity contribution in [3.05, 3.63) is 23.2 Å². The van der Waals surface area contributed by atoms with E-state index in [1.807, 2.05) is 0 Å². The average molecular weight is 260 g/mol. The van der Waals surface area contributed by atoms with Gasteiger partial charge in [0, 0.05) is 32.2 Å². The first-order valence-electron chi connectivity index (χ1n) is 5.12. The average Bonchev–Trinajstić information content (AvgIpc) is 2.32. The van der Waals surface area contributed by atoms with Gasteiger partial charge in [-0.05, 0) is 0 Å². The molecule has 0 bridgehead atoms. The molecular weight excluding hydrogens is 249 g/mol. The van der Waals surface area contributed by atoms with E-state index in [0.29, 0.717) is 31.9 Å². The molecule has 17 heavy (non-hydrogen) atoms. The van der Waals surface area contributed by atoms with E-state index in [1.54, 1.807) is 4.90 Å². The molecule has 1 aliphatic rings. The molecule has 1 aliphatic heterocycles. The Morgan fingerprint density at radius 2 is 2.06 bits per heavy atom. The number of hydrogen-bond acceptors (Lipinski definition) is 3. The first kappa shape index (κ1) is 11.9. The summed E-state index contributed by atoms with van der Waals surface area (Å²) in [7, 11) is 0. The number of carboxylic acid groups (broad SMARTS) is 1. The quantitative estimate of drug-likeness (QED) is 0.780. The molecule has 0 spiro atoms. The molecule has 2 heterocycles. The van der Waals surface area contributed by atoms with Crippen LogP contribution in [0.25, 0.3) is 0 Å². The Bertz CT molecular complexity index is 436. The van der Waals surface area contributed by atoms with Gasteiger partial charge in [0.25, 0.3) is 0 Å². The van der Waals surface area contributed by atoms with E-state index in [1.165, 1.54) is 11.0 Å². The Morgan fingerprint density at radius 1 is 1.41 bits per heavy atom. The first-order chi connectivity index (χ1) is 8.08. The van der Waals surface area contributed by atoms with Crippen molar-refractivity contribution < 1.29 is 14.3 Å². The molecule has 0 saturated carbocycles. The van der Waals surface area contributed by atoms with Gasteiger partial charge in [0.05, 0.1) is 11.9 Å². The Morgan fingerprint density at radius 3 is 2.65 bits per heavy atom. The molecule has 1 amide bonds. The van der Waals surface area contributed by atoms with Gasteiger partial charge in [0.1, 0.15) is 5.15 Å². The molecular formula is C10H11ClFN3O2. The van der Waals surface area contributed by atoms with Crippen molar-refractivity contribution >= 4 is 23.4 Å². The van der Waals surface area contributed by atoms with Crippen molar-refractivity contribution in [3.63, 3.8) is 0 Å². The van der Waals surface area contributed by atoms with Crippen molar-refractivity contribution in [1.82, 2.24) is 9.88 Å². The third kappa shape index (κ3) is 2.58. The van der Waals surface area contributed by atoms with Gasteiger partial charge in [0.2, 0.25) is 0 Å². The molecule has 0 unspecified atom stereocenters. The van der Waals surface area contributed by atoms with Crippen molar-refractivity contribution in [2.45, 2.75) is 0 Å². The minimum Gasteiger partial charge on any atom is -0.465 e. The number of amides is 1. The predicted molar refractivity (Wildman–Crippen MR) is 61.0 cm³/mol. The maximum atomic E-state index is 13.5. The number of rotatable bonds is 1. The molecule has 0 atom stereocenters. The zero-order valence-electron chi connectivity index (χ0n) is 8.94. The van der Waals surface area contributed by atoms with E-state index in [4.69, 9.17) is 16.7 Å². The van der Waals surface area contributed by atoms with E-state index >= 15 is 0 Å². The van der Waals surface area contributed by atoms with Gasteiger partial charge in [0.15, 0.2) is 5.82 Å². The summed E-state index contributed by atoms with van der Waals surface area (Å²) < 4.78 is 13.5. The van der Waals surface area contributed by atoms with Crippen LogP contribution in [0.4, 0.5) is 14.9 Å². The molecule has 0 radical (unpaired) electrons. The Labute approximate surface area is 102 Å². The third-order valence-corrected chi connectivity index (χ3v) is 2.90. The molecule has 1 aromatic rings. The molecule has 2 rings (SSSR count). The minimum atomic E-state index is -0.946. The number of nitrogens with zero attached hydrogens (tertiary/aromatic N) is 3. The normalized spacial score (nSPS) is 16.1. The molecule has 7 heteroatoms. The number of hydrogen-bond donors (Lipinski definition) is 1. The lowest BCUT2D eigenvalue weighted by atomic mass is 10.2. The number of carbonyl (C=O) groups is 1. The van der Waals surface area contributed by atoms with Crippen LogP contribution in [0.3, 0.4) is 0 Å². The number of halogens is 2. The van der Waals surface area contributed by atoms with E-state index in [-0.39, 0.29) is 5.15 Å². The summed E-state index contributed by atoms with van der Waals surface area (Å²) in [6.45, 7) is 1.61. The van der Waals surface area contributed by atoms with Gasteiger partial charge >= 0.3 is 6.09 Å². The second kappa shape index (κ2) is 4.75. The van der Waals surface area contributed by atoms with Crippen molar-refractivity contribution in [1.29, 1.82) is 0 Å². The summed E-state index contributed by atoms with van der Waals surface area (Å²) in [5.41, 5.74) is 0.370. The molecule has 5 nitrogen and oxygen atoms in total. The highest BCUT2D eigenvalue weighted by atomic mass is 35.5. The fraction of sp³-hybridized carbons (Fsp3) is 0.400. The van der Waals surface area contributed by atoms with Crippen molar-refractivity contribution in [2.75, 3.05) is 31.1 Å². The van der Waals surface area contributed by atoms with Crippen LogP contribution >= 0.6 is 11.6 Å². The fourth-order valence-electron chi connectivity index (χ4n) is 1.78. The Kier molecular flexibility index (Phi) is 3.33. The van der Waals surface area contributed by atoms with Crippen LogP contribution < -0.4 is 4.90 Å². The summed E-state index contributed by atoms with van der Waals surface area (Å²) >= 11 is 5.71. The molecule has 1 aromatic heterocycles. The van der Waals surface area contributed by atoms with E-state index in [2.05, 4.69) is 4.98 Å². The van der Waals surface area contributed by atoms with Gasteiger partial charge in [-0.1, -0.05) is 11.6 Å². The van der Waals surface area contributed by atoms with E-state index < -0.39 is 11.9 Å². The highest BCUT2D eigenvalue weighted by Crippen LogP contribution is 2.22. The number of anilines is 1. The lowest BCUT2D eigenvalue weighted by molar-refractivity contribution is 0.142. The SMILES string of the molecule is O=C(O)N1CCN(c2cc(Cl)ncc2F)CC1. The monoisotopic (exact) mass is 259 g/mol. The van der Waals surface area contributed by atoms with Crippen LogP contribution in [-0.4, -0.2) is 47.3 Å². The molecule has 1 saturated heterocycles. The lowest BCUT2D eigenvalue weighted by Crippen LogP contribution is -2.48. The zero-order valence-corrected chi connectivity index (χ0v) is 9.69. The van der Waals surface area contributed by atoms with Gasteiger partial charge < -0.3 is 14.9 Å². The second-order valence-corrected chi connectivity index (χ2v) is 4.10. The molecule has 1 fully saturated rings. The fourth-order valence-corrected chi connectivity index (χ4v) is 1.94. The highest BCUT2D eigenvalue weighted by Gasteiger charge is 2.22. The predicted octanol–water partition coefficient (Wildman–Crippen LogP) is 1.67. The zero-order chi connectivity index (χ0) is 12.4. The van der Waals surface area contributed by atoms with E-state index in [0.717, 1.165) is 6.20 Å². The summed E-state index contributed by atoms with van der Waals surface area (Å²) in [5, 5.41) is 9.02. The van der Waals surface area contributed by atoms with Crippen LogP contribution in [0.15, 0.2) is 12.3 Å². The lowest BCUT2D eigenvalue weighted by Gasteiger charge is -2.34. The van der Waals surface area contributed by atoms with Crippen LogP contribution in [0, 0.1) is 5.82 Å². The molecule has 0 aromatic carbocycles. The number of piperazine rings is 1. The third-order valence-electron chi connectivity index (χ3n) is 2.69. The maximum Gasteiger partial charge on any atom is 0.407 e. The second-order valence-electron chi connectivity index (χ2n) is 3.72. The highest BCUT2D eigenvalue weighted by molar-refractivity contribution is 6.29. The maximum absolute atomic E-state index is 13.5. The Hall–Kier alpha value is -1.56. The van der Waals surface area contributed by atoms with Crippen LogP contribution in [0.2, 0.25) is 5.15 Å². The van der Waals surface area contributed by atoms with Gasteiger partial charge in [-0.2, -0.15) is 0 Å². The smallest absolute Gasteiger partial charge is 0.407 e. The van der Waals surface area contributed by atoms with Gasteiger partial charge in [-0.15, -0.1) is 0 Å². The van der Waals surface area contributed by atoms with Crippen LogP contribution in [0.5, 0.6) is 0 Å². The first-order valence-corrected chi connectivity index (χ1v) is 5.49. The summed E-state index contributed by atoms with van der Waals surface area (Å²) in [4.78, 5) is 17.4. The summed E-state index contributed by atoms with van der Waals surface area (Å²) in [5.74, 6) is -0.446. The summed E-state index contributed by atoms with van der Waals surface area (Å²) in [6, 6.07) is 1.45.